The first-order chi connectivity index (χ1) is 11.3. The molecule has 2 aliphatic rings. The predicted molar refractivity (Wildman–Crippen MR) is 90.0 cm³/mol. The van der Waals surface area contributed by atoms with Crippen molar-refractivity contribution in [3.63, 3.8) is 0 Å². The van der Waals surface area contributed by atoms with Crippen LogP contribution in [0.4, 0.5) is 11.6 Å². The number of fused-ring (bicyclic) bond motifs is 1. The molecule has 2 aliphatic heterocycles. The second-order valence-corrected chi connectivity index (χ2v) is 6.74. The molecule has 23 heavy (non-hydrogen) atoms. The maximum absolute atomic E-state index is 12.2. The standard InChI is InChI=1S/C16H19N5OS/c22-14(19-8-4-5-9-19)12-23-16-18-17-15-20(10-11-21(15)16)13-6-2-1-3-7-13/h1-3,6-7H,4-5,8-12H2. The summed E-state index contributed by atoms with van der Waals surface area (Å²) in [5.74, 6) is 1.53. The van der Waals surface area contributed by atoms with Crippen LogP contribution < -0.4 is 4.90 Å². The molecular weight excluding hydrogens is 310 g/mol. The number of hydrogen-bond donors (Lipinski definition) is 0. The van der Waals surface area contributed by atoms with E-state index < -0.39 is 0 Å². The Morgan fingerprint density at radius 3 is 2.61 bits per heavy atom. The zero-order valence-corrected chi connectivity index (χ0v) is 13.7. The van der Waals surface area contributed by atoms with Crippen molar-refractivity contribution in [2.75, 3.05) is 30.3 Å². The molecule has 0 aliphatic carbocycles. The number of benzene rings is 1. The number of carbonyl (C=O) groups is 1. The lowest BCUT2D eigenvalue weighted by Crippen LogP contribution is -2.29. The van der Waals surface area contributed by atoms with Crippen LogP contribution in [0, 0.1) is 0 Å². The number of rotatable bonds is 4. The van der Waals surface area contributed by atoms with Gasteiger partial charge in [-0.05, 0) is 25.0 Å². The molecule has 1 aromatic carbocycles. The number of para-hydroxylation sites is 1. The van der Waals surface area contributed by atoms with E-state index in [-0.39, 0.29) is 5.91 Å². The van der Waals surface area contributed by atoms with Gasteiger partial charge in [-0.15, -0.1) is 10.2 Å². The molecule has 0 atom stereocenters. The van der Waals surface area contributed by atoms with E-state index in [2.05, 4.69) is 31.8 Å². The molecule has 6 nitrogen and oxygen atoms in total. The smallest absolute Gasteiger partial charge is 0.233 e. The Bertz CT molecular complexity index is 696. The van der Waals surface area contributed by atoms with Crippen molar-refractivity contribution in [1.82, 2.24) is 19.7 Å². The molecule has 0 unspecified atom stereocenters. The molecule has 3 heterocycles. The molecule has 2 aromatic rings. The normalized spacial score (nSPS) is 16.9. The molecule has 1 saturated heterocycles. The molecule has 0 spiro atoms. The van der Waals surface area contributed by atoms with Crippen LogP contribution in [0.1, 0.15) is 12.8 Å². The fourth-order valence-corrected chi connectivity index (χ4v) is 3.98. The summed E-state index contributed by atoms with van der Waals surface area (Å²) in [6.45, 7) is 3.55. The van der Waals surface area contributed by atoms with Crippen LogP contribution in [0.25, 0.3) is 0 Å². The summed E-state index contributed by atoms with van der Waals surface area (Å²) in [5.41, 5.74) is 1.13. The third-order valence-electron chi connectivity index (χ3n) is 4.34. The van der Waals surface area contributed by atoms with Crippen LogP contribution in [-0.2, 0) is 11.3 Å². The van der Waals surface area contributed by atoms with E-state index >= 15 is 0 Å². The van der Waals surface area contributed by atoms with Gasteiger partial charge in [-0.3, -0.25) is 9.36 Å². The summed E-state index contributed by atoms with van der Waals surface area (Å²) >= 11 is 1.50. The zero-order chi connectivity index (χ0) is 15.6. The number of aromatic nitrogens is 3. The van der Waals surface area contributed by atoms with E-state index in [4.69, 9.17) is 0 Å². The summed E-state index contributed by atoms with van der Waals surface area (Å²) in [4.78, 5) is 16.3. The van der Waals surface area contributed by atoms with Gasteiger partial charge in [-0.1, -0.05) is 30.0 Å². The second kappa shape index (κ2) is 6.23. The van der Waals surface area contributed by atoms with Crippen LogP contribution in [0.3, 0.4) is 0 Å². The van der Waals surface area contributed by atoms with Crippen LogP contribution in [-0.4, -0.2) is 51.0 Å². The van der Waals surface area contributed by atoms with Crippen molar-refractivity contribution in [1.29, 1.82) is 0 Å². The molecular formula is C16H19N5OS. The first kappa shape index (κ1) is 14.6. The fraction of sp³-hybridized carbons (Fsp3) is 0.438. The lowest BCUT2D eigenvalue weighted by molar-refractivity contribution is -0.127. The highest BCUT2D eigenvalue weighted by atomic mass is 32.2. The van der Waals surface area contributed by atoms with E-state index in [0.717, 1.165) is 55.8 Å². The molecule has 0 radical (unpaired) electrons. The van der Waals surface area contributed by atoms with Crippen molar-refractivity contribution in [2.24, 2.45) is 0 Å². The average molecular weight is 329 g/mol. The number of anilines is 2. The molecule has 0 N–H and O–H groups in total. The average Bonchev–Trinajstić information content (AvgIpc) is 3.31. The Balaban J connectivity index is 1.45. The highest BCUT2D eigenvalue weighted by Crippen LogP contribution is 2.31. The van der Waals surface area contributed by atoms with Gasteiger partial charge in [-0.2, -0.15) is 0 Å². The van der Waals surface area contributed by atoms with Gasteiger partial charge in [-0.25, -0.2) is 0 Å². The first-order valence-electron chi connectivity index (χ1n) is 7.99. The van der Waals surface area contributed by atoms with Crippen molar-refractivity contribution in [3.8, 4) is 0 Å². The van der Waals surface area contributed by atoms with Gasteiger partial charge in [0.25, 0.3) is 0 Å². The summed E-state index contributed by atoms with van der Waals surface area (Å²) in [6, 6.07) is 10.2. The Labute approximate surface area is 139 Å². The van der Waals surface area contributed by atoms with Crippen molar-refractivity contribution in [3.05, 3.63) is 30.3 Å². The van der Waals surface area contributed by atoms with Gasteiger partial charge < -0.3 is 9.80 Å². The molecule has 4 rings (SSSR count). The Kier molecular flexibility index (Phi) is 3.95. The van der Waals surface area contributed by atoms with Gasteiger partial charge in [0, 0.05) is 31.9 Å². The van der Waals surface area contributed by atoms with E-state index in [1.54, 1.807) is 0 Å². The highest BCUT2D eigenvalue weighted by Gasteiger charge is 2.26. The summed E-state index contributed by atoms with van der Waals surface area (Å²) in [5, 5.41) is 9.44. The predicted octanol–water partition coefficient (Wildman–Crippen LogP) is 2.14. The molecule has 7 heteroatoms. The molecule has 1 aromatic heterocycles. The number of nitrogens with zero attached hydrogens (tertiary/aromatic N) is 5. The summed E-state index contributed by atoms with van der Waals surface area (Å²) in [7, 11) is 0. The van der Waals surface area contributed by atoms with E-state index in [1.807, 2.05) is 23.1 Å². The topological polar surface area (TPSA) is 54.3 Å². The Morgan fingerprint density at radius 2 is 1.83 bits per heavy atom. The molecule has 0 saturated carbocycles. The quantitative estimate of drug-likeness (QED) is 0.805. The Hall–Kier alpha value is -2.02. The number of carbonyl (C=O) groups excluding carboxylic acids is 1. The van der Waals surface area contributed by atoms with Gasteiger partial charge in [0.05, 0.1) is 5.75 Å². The van der Waals surface area contributed by atoms with Crippen LogP contribution in [0.5, 0.6) is 0 Å². The van der Waals surface area contributed by atoms with Gasteiger partial charge >= 0.3 is 0 Å². The molecule has 1 fully saturated rings. The first-order valence-corrected chi connectivity index (χ1v) is 8.98. The van der Waals surface area contributed by atoms with Gasteiger partial charge in [0.1, 0.15) is 0 Å². The minimum absolute atomic E-state index is 0.211. The molecule has 0 bridgehead atoms. The van der Waals surface area contributed by atoms with Crippen molar-refractivity contribution >= 4 is 29.3 Å². The monoisotopic (exact) mass is 329 g/mol. The molecule has 120 valence electrons. The SMILES string of the molecule is O=C(CSc1nnc2n1CCN2c1ccccc1)N1CCCC1. The Morgan fingerprint density at radius 1 is 1.04 bits per heavy atom. The lowest BCUT2D eigenvalue weighted by Gasteiger charge is -2.14. The number of thioether (sulfide) groups is 1. The molecule has 1 amide bonds. The second-order valence-electron chi connectivity index (χ2n) is 5.80. The largest absolute Gasteiger partial charge is 0.342 e. The third-order valence-corrected chi connectivity index (χ3v) is 5.29. The van der Waals surface area contributed by atoms with Crippen LogP contribution in [0.15, 0.2) is 35.5 Å². The van der Waals surface area contributed by atoms with E-state index in [9.17, 15) is 4.79 Å². The maximum Gasteiger partial charge on any atom is 0.233 e. The van der Waals surface area contributed by atoms with Crippen molar-refractivity contribution in [2.45, 2.75) is 24.5 Å². The third kappa shape index (κ3) is 2.81. The minimum atomic E-state index is 0.211. The van der Waals surface area contributed by atoms with Crippen LogP contribution >= 0.6 is 11.8 Å². The van der Waals surface area contributed by atoms with E-state index in [1.165, 1.54) is 11.8 Å². The minimum Gasteiger partial charge on any atom is -0.342 e. The lowest BCUT2D eigenvalue weighted by atomic mass is 10.3. The fourth-order valence-electron chi connectivity index (χ4n) is 3.12. The number of hydrogen-bond acceptors (Lipinski definition) is 5. The number of likely N-dealkylation sites (tertiary alicyclic amines) is 1. The maximum atomic E-state index is 12.2. The van der Waals surface area contributed by atoms with Gasteiger partial charge in [0.2, 0.25) is 11.9 Å². The van der Waals surface area contributed by atoms with Crippen LogP contribution in [0.2, 0.25) is 0 Å². The summed E-state index contributed by atoms with van der Waals surface area (Å²) < 4.78 is 2.11. The van der Waals surface area contributed by atoms with E-state index in [0.29, 0.717) is 5.75 Å². The zero-order valence-electron chi connectivity index (χ0n) is 12.9. The van der Waals surface area contributed by atoms with Gasteiger partial charge in [0.15, 0.2) is 5.16 Å². The summed E-state index contributed by atoms with van der Waals surface area (Å²) in [6.07, 6.45) is 2.26. The highest BCUT2D eigenvalue weighted by molar-refractivity contribution is 7.99. The van der Waals surface area contributed by atoms with Crippen molar-refractivity contribution < 1.29 is 4.79 Å². The number of amides is 1.